The number of hydrogen-bond acceptors (Lipinski definition) is 3. The molecule has 1 aliphatic rings. The zero-order valence-electron chi connectivity index (χ0n) is 13.0. The van der Waals surface area contributed by atoms with Crippen LogP contribution < -0.4 is 4.72 Å². The van der Waals surface area contributed by atoms with E-state index in [0.717, 1.165) is 38.0 Å². The summed E-state index contributed by atoms with van der Waals surface area (Å²) < 4.78 is 40.6. The van der Waals surface area contributed by atoms with Crippen molar-refractivity contribution in [1.29, 1.82) is 0 Å². The van der Waals surface area contributed by atoms with E-state index in [9.17, 15) is 12.8 Å². The van der Waals surface area contributed by atoms with E-state index in [-0.39, 0.29) is 5.82 Å². The molecular formula is C15H24FN3O2S. The Labute approximate surface area is 132 Å². The summed E-state index contributed by atoms with van der Waals surface area (Å²) in [5.41, 5.74) is 1.13. The van der Waals surface area contributed by atoms with Crippen LogP contribution in [-0.2, 0) is 16.6 Å². The summed E-state index contributed by atoms with van der Waals surface area (Å²) in [6.45, 7) is 5.72. The van der Waals surface area contributed by atoms with Gasteiger partial charge in [-0.25, -0.2) is 9.11 Å². The van der Waals surface area contributed by atoms with Crippen LogP contribution >= 0.6 is 0 Å². The summed E-state index contributed by atoms with van der Waals surface area (Å²) in [4.78, 5) is 2.28. The highest BCUT2D eigenvalue weighted by atomic mass is 32.2. The topological polar surface area (TPSA) is 52.7 Å². The maximum atomic E-state index is 12.8. The first kappa shape index (κ1) is 17.3. The molecule has 1 aliphatic heterocycles. The average Bonchev–Trinajstić information content (AvgIpc) is 2.50. The lowest BCUT2D eigenvalue weighted by Crippen LogP contribution is -2.52. The van der Waals surface area contributed by atoms with Crippen molar-refractivity contribution in [2.75, 3.05) is 39.3 Å². The Hall–Kier alpha value is -1.02. The van der Waals surface area contributed by atoms with Gasteiger partial charge in [-0.05, 0) is 37.1 Å². The SMILES string of the molecule is CCNS(=O)(=O)N1CCN(CCCc2ccc(F)cc2)CC1. The molecule has 5 nitrogen and oxygen atoms in total. The molecule has 1 N–H and O–H groups in total. The van der Waals surface area contributed by atoms with Crippen LogP contribution in [0.25, 0.3) is 0 Å². The molecule has 0 radical (unpaired) electrons. The summed E-state index contributed by atoms with van der Waals surface area (Å²) >= 11 is 0. The van der Waals surface area contributed by atoms with Crippen LogP contribution in [0, 0.1) is 5.82 Å². The largest absolute Gasteiger partial charge is 0.301 e. The zero-order valence-corrected chi connectivity index (χ0v) is 13.8. The van der Waals surface area contributed by atoms with E-state index in [1.54, 1.807) is 6.92 Å². The first-order chi connectivity index (χ1) is 10.5. The molecule has 0 aromatic heterocycles. The molecule has 0 saturated carbocycles. The quantitative estimate of drug-likeness (QED) is 0.819. The zero-order chi connectivity index (χ0) is 16.0. The van der Waals surface area contributed by atoms with Gasteiger partial charge < -0.3 is 4.90 Å². The van der Waals surface area contributed by atoms with Crippen molar-refractivity contribution in [3.05, 3.63) is 35.6 Å². The van der Waals surface area contributed by atoms with E-state index in [2.05, 4.69) is 9.62 Å². The molecule has 7 heteroatoms. The molecule has 0 spiro atoms. The number of hydrogen-bond donors (Lipinski definition) is 1. The summed E-state index contributed by atoms with van der Waals surface area (Å²) in [7, 11) is -3.30. The molecule has 2 rings (SSSR count). The average molecular weight is 329 g/mol. The molecule has 0 atom stereocenters. The lowest BCUT2D eigenvalue weighted by molar-refractivity contribution is 0.186. The van der Waals surface area contributed by atoms with E-state index in [4.69, 9.17) is 0 Å². The van der Waals surface area contributed by atoms with Crippen molar-refractivity contribution >= 4 is 10.2 Å². The van der Waals surface area contributed by atoms with Crippen molar-refractivity contribution < 1.29 is 12.8 Å². The summed E-state index contributed by atoms with van der Waals surface area (Å²) in [5.74, 6) is -0.207. The fourth-order valence-electron chi connectivity index (χ4n) is 2.63. The maximum absolute atomic E-state index is 12.8. The van der Waals surface area contributed by atoms with Gasteiger partial charge in [0.05, 0.1) is 0 Å². The van der Waals surface area contributed by atoms with Crippen LogP contribution in [-0.4, -0.2) is 56.9 Å². The highest BCUT2D eigenvalue weighted by molar-refractivity contribution is 7.87. The Morgan fingerprint density at radius 3 is 2.36 bits per heavy atom. The lowest BCUT2D eigenvalue weighted by atomic mass is 10.1. The Morgan fingerprint density at radius 1 is 1.14 bits per heavy atom. The second kappa shape index (κ2) is 8.01. The highest BCUT2D eigenvalue weighted by Gasteiger charge is 2.25. The van der Waals surface area contributed by atoms with Crippen molar-refractivity contribution in [2.24, 2.45) is 0 Å². The minimum absolute atomic E-state index is 0.207. The van der Waals surface area contributed by atoms with Crippen LogP contribution in [0.3, 0.4) is 0 Å². The fourth-order valence-corrected chi connectivity index (χ4v) is 3.82. The second-order valence-corrected chi connectivity index (χ2v) is 7.23. The van der Waals surface area contributed by atoms with Crippen LogP contribution in [0.5, 0.6) is 0 Å². The molecule has 0 unspecified atom stereocenters. The van der Waals surface area contributed by atoms with Crippen LogP contribution in [0.4, 0.5) is 4.39 Å². The van der Waals surface area contributed by atoms with Gasteiger partial charge in [0.1, 0.15) is 5.82 Å². The van der Waals surface area contributed by atoms with Gasteiger partial charge in [0.15, 0.2) is 0 Å². The standard InChI is InChI=1S/C15H24FN3O2S/c1-2-17-22(20,21)19-12-10-18(11-13-19)9-3-4-14-5-7-15(16)8-6-14/h5-8,17H,2-4,9-13H2,1H3. The molecule has 22 heavy (non-hydrogen) atoms. The van der Waals surface area contributed by atoms with Crippen LogP contribution in [0.15, 0.2) is 24.3 Å². The number of halogens is 1. The summed E-state index contributed by atoms with van der Waals surface area (Å²) in [6.07, 6.45) is 1.90. The van der Waals surface area contributed by atoms with E-state index < -0.39 is 10.2 Å². The van der Waals surface area contributed by atoms with Crippen molar-refractivity contribution in [2.45, 2.75) is 19.8 Å². The number of rotatable bonds is 7. The number of nitrogens with one attached hydrogen (secondary N) is 1. The van der Waals surface area contributed by atoms with Gasteiger partial charge >= 0.3 is 0 Å². The number of nitrogens with zero attached hydrogens (tertiary/aromatic N) is 2. The minimum Gasteiger partial charge on any atom is -0.301 e. The molecule has 0 amide bonds. The van der Waals surface area contributed by atoms with E-state index >= 15 is 0 Å². The third-order valence-corrected chi connectivity index (χ3v) is 5.55. The number of aryl methyl sites for hydroxylation is 1. The maximum Gasteiger partial charge on any atom is 0.279 e. The third-order valence-electron chi connectivity index (χ3n) is 3.85. The first-order valence-electron chi connectivity index (χ1n) is 7.73. The Morgan fingerprint density at radius 2 is 1.77 bits per heavy atom. The summed E-state index contributed by atoms with van der Waals surface area (Å²) in [6, 6.07) is 6.60. The van der Waals surface area contributed by atoms with Gasteiger partial charge in [-0.2, -0.15) is 12.7 Å². The molecule has 124 valence electrons. The van der Waals surface area contributed by atoms with Crippen molar-refractivity contribution in [3.63, 3.8) is 0 Å². The molecule has 1 fully saturated rings. The fraction of sp³-hybridized carbons (Fsp3) is 0.600. The van der Waals surface area contributed by atoms with E-state index in [1.807, 2.05) is 12.1 Å². The Bertz CT molecular complexity index is 555. The van der Waals surface area contributed by atoms with Gasteiger partial charge in [-0.1, -0.05) is 19.1 Å². The highest BCUT2D eigenvalue weighted by Crippen LogP contribution is 2.09. The third kappa shape index (κ3) is 5.01. The van der Waals surface area contributed by atoms with Gasteiger partial charge in [0, 0.05) is 32.7 Å². The van der Waals surface area contributed by atoms with Crippen LogP contribution in [0.1, 0.15) is 18.9 Å². The van der Waals surface area contributed by atoms with E-state index in [1.165, 1.54) is 16.4 Å². The van der Waals surface area contributed by atoms with Crippen molar-refractivity contribution in [3.8, 4) is 0 Å². The molecule has 1 saturated heterocycles. The Kier molecular flexibility index (Phi) is 6.31. The molecular weight excluding hydrogens is 305 g/mol. The van der Waals surface area contributed by atoms with Crippen molar-refractivity contribution in [1.82, 2.24) is 13.9 Å². The van der Waals surface area contributed by atoms with Gasteiger partial charge in [0.25, 0.3) is 10.2 Å². The van der Waals surface area contributed by atoms with Crippen LogP contribution in [0.2, 0.25) is 0 Å². The number of benzene rings is 1. The Balaban J connectivity index is 1.70. The first-order valence-corrected chi connectivity index (χ1v) is 9.17. The minimum atomic E-state index is -3.30. The monoisotopic (exact) mass is 329 g/mol. The van der Waals surface area contributed by atoms with Gasteiger partial charge in [-0.15, -0.1) is 0 Å². The van der Waals surface area contributed by atoms with Gasteiger partial charge in [0.2, 0.25) is 0 Å². The molecule has 1 heterocycles. The second-order valence-electron chi connectivity index (χ2n) is 5.47. The number of piperazine rings is 1. The molecule has 0 aliphatic carbocycles. The van der Waals surface area contributed by atoms with E-state index in [0.29, 0.717) is 19.6 Å². The smallest absolute Gasteiger partial charge is 0.279 e. The molecule has 1 aromatic carbocycles. The predicted molar refractivity (Wildman–Crippen MR) is 85.3 cm³/mol. The molecule has 0 bridgehead atoms. The predicted octanol–water partition coefficient (Wildman–Crippen LogP) is 1.23. The molecule has 1 aromatic rings. The lowest BCUT2D eigenvalue weighted by Gasteiger charge is -2.33. The normalized spacial score (nSPS) is 17.7. The summed E-state index contributed by atoms with van der Waals surface area (Å²) in [5, 5.41) is 0. The van der Waals surface area contributed by atoms with Gasteiger partial charge in [-0.3, -0.25) is 0 Å².